The van der Waals surface area contributed by atoms with E-state index in [1.54, 1.807) is 5.57 Å². The van der Waals surface area contributed by atoms with Gasteiger partial charge in [-0.05, 0) is 91.3 Å². The molecular formula is C30H50O2. The Balaban J connectivity index is 1.45. The highest BCUT2D eigenvalue weighted by Gasteiger charge is 2.59. The lowest BCUT2D eigenvalue weighted by Crippen LogP contribution is -2.51. The number of carbonyl (C=O) groups excluding carboxylic acids is 1. The molecule has 0 amide bonds. The minimum Gasteiger partial charge on any atom is -0.462 e. The first-order chi connectivity index (χ1) is 15.2. The van der Waals surface area contributed by atoms with E-state index in [0.717, 1.165) is 48.3 Å². The molecule has 0 bridgehead atoms. The number of carbonyl (C=O) groups is 1. The number of rotatable bonds is 7. The van der Waals surface area contributed by atoms with Crippen LogP contribution in [-0.4, -0.2) is 12.1 Å². The maximum absolute atomic E-state index is 11.9. The van der Waals surface area contributed by atoms with Crippen LogP contribution >= 0.6 is 0 Å². The van der Waals surface area contributed by atoms with Gasteiger partial charge in [-0.15, -0.1) is 0 Å². The first-order valence-electron chi connectivity index (χ1n) is 14.1. The van der Waals surface area contributed by atoms with Crippen LogP contribution in [0.5, 0.6) is 0 Å². The molecule has 0 saturated heterocycles. The molecule has 0 spiro atoms. The molecule has 3 fully saturated rings. The molecule has 0 unspecified atom stereocenters. The predicted octanol–water partition coefficient (Wildman–Crippen LogP) is 8.35. The SMILES string of the molecule is CCC(=O)O[C@H]1CC[C@@]2(C)C(=CC[C@@H]3[C@H]4CC[C@@H]([C@@H](C)CCCC(C)C)[C@@]4(C)CC[C@H]32)C1. The smallest absolute Gasteiger partial charge is 0.305 e. The Bertz CT molecular complexity index is 708. The van der Waals surface area contributed by atoms with E-state index in [2.05, 4.69) is 40.7 Å². The van der Waals surface area contributed by atoms with Crippen LogP contribution in [0.3, 0.4) is 0 Å². The van der Waals surface area contributed by atoms with Gasteiger partial charge in [0, 0.05) is 12.8 Å². The van der Waals surface area contributed by atoms with Crippen molar-refractivity contribution in [1.82, 2.24) is 0 Å². The van der Waals surface area contributed by atoms with Crippen molar-refractivity contribution in [1.29, 1.82) is 0 Å². The fraction of sp³-hybridized carbons (Fsp3) is 0.900. The first-order valence-corrected chi connectivity index (χ1v) is 14.1. The molecule has 0 aliphatic heterocycles. The summed E-state index contributed by atoms with van der Waals surface area (Å²) in [4.78, 5) is 11.9. The lowest BCUT2D eigenvalue weighted by Gasteiger charge is -2.58. The van der Waals surface area contributed by atoms with Gasteiger partial charge in [0.1, 0.15) is 6.10 Å². The second kappa shape index (κ2) is 9.46. The van der Waals surface area contributed by atoms with E-state index in [4.69, 9.17) is 4.74 Å². The lowest BCUT2D eigenvalue weighted by molar-refractivity contribution is -0.151. The number of hydrogen-bond donors (Lipinski definition) is 0. The number of esters is 1. The van der Waals surface area contributed by atoms with E-state index in [0.29, 0.717) is 17.3 Å². The summed E-state index contributed by atoms with van der Waals surface area (Å²) in [6.45, 7) is 14.5. The molecular weight excluding hydrogens is 392 g/mol. The zero-order chi connectivity index (χ0) is 23.1. The lowest BCUT2D eigenvalue weighted by atomic mass is 9.47. The molecule has 0 aromatic heterocycles. The van der Waals surface area contributed by atoms with Crippen molar-refractivity contribution in [2.45, 2.75) is 125 Å². The number of hydrogen-bond acceptors (Lipinski definition) is 2. The summed E-state index contributed by atoms with van der Waals surface area (Å²) in [6, 6.07) is 0. The van der Waals surface area contributed by atoms with Crippen LogP contribution in [0.4, 0.5) is 0 Å². The highest BCUT2D eigenvalue weighted by molar-refractivity contribution is 5.69. The zero-order valence-electron chi connectivity index (χ0n) is 21.9. The molecule has 2 heteroatoms. The molecule has 0 N–H and O–H groups in total. The van der Waals surface area contributed by atoms with Gasteiger partial charge >= 0.3 is 5.97 Å². The van der Waals surface area contributed by atoms with Gasteiger partial charge in [-0.2, -0.15) is 0 Å². The third-order valence-corrected chi connectivity index (χ3v) is 10.8. The molecule has 0 aromatic rings. The third-order valence-electron chi connectivity index (χ3n) is 10.8. The summed E-state index contributed by atoms with van der Waals surface area (Å²) in [5.41, 5.74) is 2.54. The van der Waals surface area contributed by atoms with Crippen LogP contribution in [0.25, 0.3) is 0 Å². The fourth-order valence-electron chi connectivity index (χ4n) is 9.02. The summed E-state index contributed by atoms with van der Waals surface area (Å²) < 4.78 is 5.76. The molecule has 0 aromatic carbocycles. The van der Waals surface area contributed by atoms with Crippen molar-refractivity contribution in [2.24, 2.45) is 46.3 Å². The molecule has 3 saturated carbocycles. The van der Waals surface area contributed by atoms with Crippen molar-refractivity contribution in [3.05, 3.63) is 11.6 Å². The number of allylic oxidation sites excluding steroid dienone is 1. The first kappa shape index (κ1) is 24.3. The van der Waals surface area contributed by atoms with Crippen molar-refractivity contribution in [2.75, 3.05) is 0 Å². The van der Waals surface area contributed by atoms with Crippen molar-refractivity contribution < 1.29 is 9.53 Å². The summed E-state index contributed by atoms with van der Waals surface area (Å²) in [7, 11) is 0. The third kappa shape index (κ3) is 4.34. The molecule has 4 aliphatic rings. The topological polar surface area (TPSA) is 26.3 Å². The fourth-order valence-corrected chi connectivity index (χ4v) is 9.02. The van der Waals surface area contributed by atoms with Crippen molar-refractivity contribution >= 4 is 5.97 Å². The number of fused-ring (bicyclic) bond motifs is 5. The molecule has 2 nitrogen and oxygen atoms in total. The molecule has 8 atom stereocenters. The summed E-state index contributed by atoms with van der Waals surface area (Å²) in [5.74, 6) is 5.28. The Kier molecular flexibility index (Phi) is 7.19. The Hall–Kier alpha value is -0.790. The second-order valence-electron chi connectivity index (χ2n) is 13.0. The standard InChI is InChI=1S/C30H50O2/c1-7-28(31)32-23-15-17-29(5)22(19-23)11-12-24-26-14-13-25(21(4)10-8-9-20(2)3)30(26,6)18-16-27(24)29/h11,20-21,23-27H,7-10,12-19H2,1-6H3/t21-,23-,24+,25-,26+,27+,29-,30+/m0/s1. The van der Waals surface area contributed by atoms with E-state index in [1.807, 2.05) is 6.92 Å². The second-order valence-corrected chi connectivity index (χ2v) is 13.0. The normalized spacial score (nSPS) is 42.0. The van der Waals surface area contributed by atoms with Gasteiger partial charge in [-0.1, -0.05) is 72.5 Å². The van der Waals surface area contributed by atoms with Crippen LogP contribution in [0.15, 0.2) is 11.6 Å². The monoisotopic (exact) mass is 442 g/mol. The van der Waals surface area contributed by atoms with Gasteiger partial charge in [0.15, 0.2) is 0 Å². The largest absolute Gasteiger partial charge is 0.462 e. The Morgan fingerprint density at radius 3 is 2.56 bits per heavy atom. The van der Waals surface area contributed by atoms with E-state index in [-0.39, 0.29) is 12.1 Å². The highest BCUT2D eigenvalue weighted by atomic mass is 16.5. The van der Waals surface area contributed by atoms with Crippen LogP contribution in [0.1, 0.15) is 119 Å². The van der Waals surface area contributed by atoms with E-state index < -0.39 is 0 Å². The average molecular weight is 443 g/mol. The molecule has 182 valence electrons. The van der Waals surface area contributed by atoms with Gasteiger partial charge in [-0.3, -0.25) is 4.79 Å². The van der Waals surface area contributed by atoms with Crippen molar-refractivity contribution in [3.63, 3.8) is 0 Å². The van der Waals surface area contributed by atoms with Crippen LogP contribution in [-0.2, 0) is 9.53 Å². The van der Waals surface area contributed by atoms with E-state index >= 15 is 0 Å². The summed E-state index contributed by atoms with van der Waals surface area (Å²) in [5, 5.41) is 0. The Morgan fingerprint density at radius 1 is 1.06 bits per heavy atom. The van der Waals surface area contributed by atoms with Gasteiger partial charge in [0.25, 0.3) is 0 Å². The number of ether oxygens (including phenoxy) is 1. The quantitative estimate of drug-likeness (QED) is 0.292. The van der Waals surface area contributed by atoms with Crippen LogP contribution < -0.4 is 0 Å². The summed E-state index contributed by atoms with van der Waals surface area (Å²) in [6.07, 6.45) is 17.8. The maximum atomic E-state index is 11.9. The average Bonchev–Trinajstić information content (AvgIpc) is 3.11. The van der Waals surface area contributed by atoms with Gasteiger partial charge in [0.2, 0.25) is 0 Å². The van der Waals surface area contributed by atoms with Crippen LogP contribution in [0, 0.1) is 46.3 Å². The van der Waals surface area contributed by atoms with E-state index in [9.17, 15) is 4.79 Å². The van der Waals surface area contributed by atoms with Gasteiger partial charge < -0.3 is 4.74 Å². The minimum absolute atomic E-state index is 0.0270. The molecule has 4 rings (SSSR count). The Labute approximate surface area is 198 Å². The van der Waals surface area contributed by atoms with Gasteiger partial charge in [-0.25, -0.2) is 0 Å². The Morgan fingerprint density at radius 2 is 1.84 bits per heavy atom. The van der Waals surface area contributed by atoms with Crippen molar-refractivity contribution in [3.8, 4) is 0 Å². The molecule has 4 aliphatic carbocycles. The highest BCUT2D eigenvalue weighted by Crippen LogP contribution is 2.67. The van der Waals surface area contributed by atoms with Gasteiger partial charge in [0.05, 0.1) is 0 Å². The molecule has 0 radical (unpaired) electrons. The minimum atomic E-state index is -0.0270. The summed E-state index contributed by atoms with van der Waals surface area (Å²) >= 11 is 0. The maximum Gasteiger partial charge on any atom is 0.305 e. The zero-order valence-corrected chi connectivity index (χ0v) is 21.9. The predicted molar refractivity (Wildman–Crippen MR) is 133 cm³/mol. The molecule has 32 heavy (non-hydrogen) atoms. The van der Waals surface area contributed by atoms with E-state index in [1.165, 1.54) is 57.8 Å². The van der Waals surface area contributed by atoms with Crippen LogP contribution in [0.2, 0.25) is 0 Å². The molecule has 0 heterocycles.